The molecule has 190 valence electrons. The van der Waals surface area contributed by atoms with E-state index in [9.17, 15) is 14.4 Å². The fraction of sp³-hybridized carbons (Fsp3) is 0.423. The van der Waals surface area contributed by atoms with E-state index in [0.29, 0.717) is 31.0 Å². The molecule has 2 aromatic rings. The Morgan fingerprint density at radius 2 is 1.80 bits per heavy atom. The molecular formula is C26H34N2O6S. The van der Waals surface area contributed by atoms with Gasteiger partial charge in [-0.05, 0) is 42.5 Å². The van der Waals surface area contributed by atoms with Gasteiger partial charge in [0.2, 0.25) is 11.8 Å². The van der Waals surface area contributed by atoms with Crippen molar-refractivity contribution in [1.82, 2.24) is 9.80 Å². The highest BCUT2D eigenvalue weighted by molar-refractivity contribution is 7.09. The summed E-state index contributed by atoms with van der Waals surface area (Å²) >= 11 is 1.57. The number of amides is 2. The number of benzene rings is 1. The molecular weight excluding hydrogens is 468 g/mol. The van der Waals surface area contributed by atoms with Gasteiger partial charge < -0.3 is 24.0 Å². The maximum absolute atomic E-state index is 13.3. The summed E-state index contributed by atoms with van der Waals surface area (Å²) in [6.07, 6.45) is 2.14. The van der Waals surface area contributed by atoms with Crippen LogP contribution in [0.4, 0.5) is 0 Å². The molecule has 1 heterocycles. The maximum atomic E-state index is 13.3. The fourth-order valence-corrected chi connectivity index (χ4v) is 4.18. The van der Waals surface area contributed by atoms with Crippen LogP contribution in [0.2, 0.25) is 0 Å². The van der Waals surface area contributed by atoms with Crippen molar-refractivity contribution in [3.8, 4) is 11.5 Å². The standard InChI is InChI=1S/C26H34N2O6S/c1-5-14-27(24(29)11-12-26(31)34-6-2)19-25(30)28(18-21-8-7-16-35-21)15-13-20-9-10-22(32-3)23(17-20)33-4/h5,7-10,16-17H,1,6,11-15,18-19H2,2-4H3. The minimum absolute atomic E-state index is 0.0173. The summed E-state index contributed by atoms with van der Waals surface area (Å²) in [5.74, 6) is 0.377. The lowest BCUT2D eigenvalue weighted by atomic mass is 10.1. The monoisotopic (exact) mass is 502 g/mol. The zero-order valence-corrected chi connectivity index (χ0v) is 21.5. The first-order chi connectivity index (χ1) is 16.9. The molecule has 9 heteroatoms. The van der Waals surface area contributed by atoms with Gasteiger partial charge in [-0.25, -0.2) is 0 Å². The highest BCUT2D eigenvalue weighted by atomic mass is 32.1. The fourth-order valence-electron chi connectivity index (χ4n) is 3.46. The average Bonchev–Trinajstić information content (AvgIpc) is 3.37. The summed E-state index contributed by atoms with van der Waals surface area (Å²) in [6, 6.07) is 9.61. The summed E-state index contributed by atoms with van der Waals surface area (Å²) in [4.78, 5) is 41.9. The number of nitrogens with zero attached hydrogens (tertiary/aromatic N) is 2. The highest BCUT2D eigenvalue weighted by Crippen LogP contribution is 2.28. The highest BCUT2D eigenvalue weighted by Gasteiger charge is 2.22. The SMILES string of the molecule is C=CCN(CC(=O)N(CCc1ccc(OC)c(OC)c1)Cc1cccs1)C(=O)CCC(=O)OCC. The van der Waals surface area contributed by atoms with Crippen molar-refractivity contribution in [3.05, 3.63) is 58.8 Å². The molecule has 0 saturated heterocycles. The van der Waals surface area contributed by atoms with Gasteiger partial charge in [0, 0.05) is 24.4 Å². The molecule has 1 aromatic carbocycles. The van der Waals surface area contributed by atoms with E-state index < -0.39 is 5.97 Å². The topological polar surface area (TPSA) is 85.4 Å². The van der Waals surface area contributed by atoms with Crippen LogP contribution in [0.1, 0.15) is 30.2 Å². The number of methoxy groups -OCH3 is 2. The van der Waals surface area contributed by atoms with Crippen LogP contribution >= 0.6 is 11.3 Å². The largest absolute Gasteiger partial charge is 0.493 e. The molecule has 0 fully saturated rings. The number of ether oxygens (including phenoxy) is 3. The van der Waals surface area contributed by atoms with Gasteiger partial charge in [-0.3, -0.25) is 14.4 Å². The van der Waals surface area contributed by atoms with Gasteiger partial charge in [-0.2, -0.15) is 0 Å². The van der Waals surface area contributed by atoms with Gasteiger partial charge in [0.15, 0.2) is 11.5 Å². The zero-order chi connectivity index (χ0) is 25.6. The lowest BCUT2D eigenvalue weighted by Crippen LogP contribution is -2.43. The van der Waals surface area contributed by atoms with Crippen molar-refractivity contribution >= 4 is 29.1 Å². The normalized spacial score (nSPS) is 10.4. The molecule has 2 rings (SSSR count). The van der Waals surface area contributed by atoms with Crippen molar-refractivity contribution in [2.24, 2.45) is 0 Å². The quantitative estimate of drug-likeness (QED) is 0.273. The number of hydrogen-bond donors (Lipinski definition) is 0. The number of carbonyl (C=O) groups excluding carboxylic acids is 3. The maximum Gasteiger partial charge on any atom is 0.306 e. The Morgan fingerprint density at radius 1 is 1.03 bits per heavy atom. The lowest BCUT2D eigenvalue weighted by molar-refractivity contribution is -0.146. The third-order valence-electron chi connectivity index (χ3n) is 5.27. The Kier molecular flexibility index (Phi) is 11.8. The van der Waals surface area contributed by atoms with E-state index in [-0.39, 0.29) is 44.4 Å². The van der Waals surface area contributed by atoms with E-state index in [1.54, 1.807) is 43.5 Å². The number of carbonyl (C=O) groups is 3. The van der Waals surface area contributed by atoms with Crippen LogP contribution < -0.4 is 9.47 Å². The second kappa shape index (κ2) is 14.8. The molecule has 0 aliphatic heterocycles. The Morgan fingerprint density at radius 3 is 2.43 bits per heavy atom. The van der Waals surface area contributed by atoms with E-state index >= 15 is 0 Å². The molecule has 0 atom stereocenters. The van der Waals surface area contributed by atoms with E-state index in [1.165, 1.54) is 4.90 Å². The zero-order valence-electron chi connectivity index (χ0n) is 20.7. The van der Waals surface area contributed by atoms with Gasteiger partial charge in [-0.15, -0.1) is 17.9 Å². The smallest absolute Gasteiger partial charge is 0.306 e. The molecule has 0 bridgehead atoms. The van der Waals surface area contributed by atoms with Crippen LogP contribution in [-0.2, 0) is 32.1 Å². The Labute approximate surface area is 211 Å². The molecule has 0 saturated carbocycles. The second-order valence-electron chi connectivity index (χ2n) is 7.70. The number of hydrogen-bond acceptors (Lipinski definition) is 7. The summed E-state index contributed by atoms with van der Waals surface area (Å²) < 4.78 is 15.6. The third kappa shape index (κ3) is 9.09. The minimum atomic E-state index is -0.431. The van der Waals surface area contributed by atoms with Crippen molar-refractivity contribution in [3.63, 3.8) is 0 Å². The summed E-state index contributed by atoms with van der Waals surface area (Å²) in [6.45, 7) is 6.71. The van der Waals surface area contributed by atoms with Gasteiger partial charge >= 0.3 is 5.97 Å². The molecule has 1 aromatic heterocycles. The molecule has 35 heavy (non-hydrogen) atoms. The molecule has 0 N–H and O–H groups in total. The predicted molar refractivity (Wildman–Crippen MR) is 136 cm³/mol. The van der Waals surface area contributed by atoms with Crippen molar-refractivity contribution in [1.29, 1.82) is 0 Å². The predicted octanol–water partition coefficient (Wildman–Crippen LogP) is 3.69. The Hall–Kier alpha value is -3.33. The van der Waals surface area contributed by atoms with Crippen LogP contribution in [0.15, 0.2) is 48.4 Å². The molecule has 0 radical (unpaired) electrons. The number of rotatable bonds is 15. The van der Waals surface area contributed by atoms with Gasteiger partial charge in [0.05, 0.1) is 33.8 Å². The molecule has 0 unspecified atom stereocenters. The van der Waals surface area contributed by atoms with Crippen molar-refractivity contribution in [2.45, 2.75) is 32.7 Å². The van der Waals surface area contributed by atoms with Crippen LogP contribution in [0.25, 0.3) is 0 Å². The van der Waals surface area contributed by atoms with E-state index in [2.05, 4.69) is 6.58 Å². The molecule has 8 nitrogen and oxygen atoms in total. The van der Waals surface area contributed by atoms with Crippen LogP contribution in [0.5, 0.6) is 11.5 Å². The first kappa shape index (κ1) is 27.9. The van der Waals surface area contributed by atoms with E-state index in [4.69, 9.17) is 14.2 Å². The van der Waals surface area contributed by atoms with Gasteiger partial charge in [-0.1, -0.05) is 18.2 Å². The first-order valence-corrected chi connectivity index (χ1v) is 12.3. The molecule has 0 aliphatic rings. The van der Waals surface area contributed by atoms with Crippen molar-refractivity contribution in [2.75, 3.05) is 40.5 Å². The lowest BCUT2D eigenvalue weighted by Gasteiger charge is -2.27. The minimum Gasteiger partial charge on any atom is -0.493 e. The van der Waals surface area contributed by atoms with Gasteiger partial charge in [0.1, 0.15) is 6.54 Å². The number of esters is 1. The van der Waals surface area contributed by atoms with Crippen LogP contribution in [0, 0.1) is 0 Å². The second-order valence-corrected chi connectivity index (χ2v) is 8.73. The molecule has 0 spiro atoms. The Balaban J connectivity index is 2.10. The first-order valence-electron chi connectivity index (χ1n) is 11.5. The van der Waals surface area contributed by atoms with Crippen LogP contribution in [0.3, 0.4) is 0 Å². The Bertz CT molecular complexity index is 976. The summed E-state index contributed by atoms with van der Waals surface area (Å²) in [5.41, 5.74) is 1.00. The summed E-state index contributed by atoms with van der Waals surface area (Å²) in [5, 5.41) is 1.97. The van der Waals surface area contributed by atoms with Gasteiger partial charge in [0.25, 0.3) is 0 Å². The van der Waals surface area contributed by atoms with E-state index in [1.807, 2.05) is 35.7 Å². The van der Waals surface area contributed by atoms with Crippen LogP contribution in [-0.4, -0.2) is 68.0 Å². The number of thiophene rings is 1. The van der Waals surface area contributed by atoms with E-state index in [0.717, 1.165) is 10.4 Å². The third-order valence-corrected chi connectivity index (χ3v) is 6.14. The summed E-state index contributed by atoms with van der Waals surface area (Å²) in [7, 11) is 3.17. The average molecular weight is 503 g/mol. The molecule has 0 aliphatic carbocycles. The molecule has 2 amide bonds. The van der Waals surface area contributed by atoms with Crippen molar-refractivity contribution < 1.29 is 28.6 Å².